The van der Waals surface area contributed by atoms with Crippen molar-refractivity contribution >= 4 is 5.91 Å². The number of nitrogens with zero attached hydrogens (tertiary/aromatic N) is 4. The van der Waals surface area contributed by atoms with Gasteiger partial charge in [-0.25, -0.2) is 9.48 Å². The van der Waals surface area contributed by atoms with Crippen LogP contribution in [0.1, 0.15) is 37.1 Å². The van der Waals surface area contributed by atoms with E-state index in [1.807, 2.05) is 23.1 Å². The first-order chi connectivity index (χ1) is 12.2. The zero-order valence-corrected chi connectivity index (χ0v) is 14.2. The summed E-state index contributed by atoms with van der Waals surface area (Å²) in [5, 5.41) is 4.51. The van der Waals surface area contributed by atoms with Crippen molar-refractivity contribution in [1.82, 2.24) is 19.2 Å². The molecule has 0 unspecified atom stereocenters. The second kappa shape index (κ2) is 5.31. The minimum Gasteiger partial charge on any atom is -0.333 e. The van der Waals surface area contributed by atoms with Crippen molar-refractivity contribution in [3.63, 3.8) is 0 Å². The van der Waals surface area contributed by atoms with Gasteiger partial charge in [-0.3, -0.25) is 9.36 Å². The highest BCUT2D eigenvalue weighted by Gasteiger charge is 2.53. The van der Waals surface area contributed by atoms with Crippen LogP contribution in [0.5, 0.6) is 0 Å². The molecule has 130 valence electrons. The molecule has 0 spiro atoms. The number of hydrogen-bond acceptors (Lipinski definition) is 3. The lowest BCUT2D eigenvalue weighted by molar-refractivity contribution is -0.135. The summed E-state index contributed by atoms with van der Waals surface area (Å²) < 4.78 is 3.35. The summed E-state index contributed by atoms with van der Waals surface area (Å²) in [5.74, 6) is 1.53. The maximum absolute atomic E-state index is 13.2. The van der Waals surface area contributed by atoms with Crippen LogP contribution in [0, 0.1) is 5.92 Å². The molecule has 1 aromatic carbocycles. The average molecular weight is 338 g/mol. The first kappa shape index (κ1) is 14.9. The van der Waals surface area contributed by atoms with Gasteiger partial charge in [0.05, 0.1) is 12.0 Å². The summed E-state index contributed by atoms with van der Waals surface area (Å²) in [5.41, 5.74) is 0.751. The van der Waals surface area contributed by atoms with E-state index in [-0.39, 0.29) is 17.0 Å². The molecule has 0 saturated heterocycles. The zero-order valence-electron chi connectivity index (χ0n) is 14.2. The van der Waals surface area contributed by atoms with Gasteiger partial charge in [-0.1, -0.05) is 30.3 Å². The highest BCUT2D eigenvalue weighted by Crippen LogP contribution is 2.49. The molecule has 2 aliphatic carbocycles. The molecule has 2 fully saturated rings. The van der Waals surface area contributed by atoms with Gasteiger partial charge in [-0.05, 0) is 37.2 Å². The van der Waals surface area contributed by atoms with E-state index in [4.69, 9.17) is 0 Å². The molecule has 2 aromatic rings. The smallest absolute Gasteiger partial charge is 0.333 e. The summed E-state index contributed by atoms with van der Waals surface area (Å²) in [6.07, 6.45) is 4.21. The van der Waals surface area contributed by atoms with Crippen LogP contribution >= 0.6 is 0 Å². The largest absolute Gasteiger partial charge is 0.346 e. The minimum absolute atomic E-state index is 0.0156. The van der Waals surface area contributed by atoms with Crippen molar-refractivity contribution in [2.24, 2.45) is 5.92 Å². The highest BCUT2D eigenvalue weighted by molar-refractivity contribution is 5.91. The van der Waals surface area contributed by atoms with Crippen LogP contribution in [0.3, 0.4) is 0 Å². The van der Waals surface area contributed by atoms with Crippen molar-refractivity contribution in [3.05, 3.63) is 52.2 Å². The molecule has 0 N–H and O–H groups in total. The molecule has 0 radical (unpaired) electrons. The number of amides is 1. The second-order valence-corrected chi connectivity index (χ2v) is 7.65. The Morgan fingerprint density at radius 3 is 2.60 bits per heavy atom. The number of aromatic nitrogens is 3. The molecular formula is C19H22N4O2. The number of carbonyl (C=O) groups excluding carboxylic acids is 1. The molecule has 3 aliphatic rings. The molecule has 0 atom stereocenters. The standard InChI is InChI=1S/C19H22N4O2/c24-17(19(8-9-19)15-4-2-1-3-5-15)21-10-11-22-16(13-21)20-23(18(22)25)12-14-6-7-14/h1-5,14H,6-13H2. The fourth-order valence-electron chi connectivity index (χ4n) is 3.95. The van der Waals surface area contributed by atoms with E-state index in [1.54, 1.807) is 9.25 Å². The Labute approximate surface area is 146 Å². The van der Waals surface area contributed by atoms with Gasteiger partial charge >= 0.3 is 5.69 Å². The van der Waals surface area contributed by atoms with Crippen molar-refractivity contribution < 1.29 is 4.79 Å². The molecule has 6 heteroatoms. The molecule has 25 heavy (non-hydrogen) atoms. The maximum atomic E-state index is 13.2. The van der Waals surface area contributed by atoms with Crippen LogP contribution < -0.4 is 5.69 Å². The Kier molecular flexibility index (Phi) is 3.17. The summed E-state index contributed by atoms with van der Waals surface area (Å²) in [7, 11) is 0. The quantitative estimate of drug-likeness (QED) is 0.849. The normalized spacial score (nSPS) is 21.0. The van der Waals surface area contributed by atoms with Gasteiger partial charge in [0.15, 0.2) is 5.82 Å². The fourth-order valence-corrected chi connectivity index (χ4v) is 3.95. The Bertz CT molecular complexity index is 875. The first-order valence-corrected chi connectivity index (χ1v) is 9.19. The van der Waals surface area contributed by atoms with Crippen molar-refractivity contribution in [2.45, 2.75) is 50.7 Å². The van der Waals surface area contributed by atoms with Crippen molar-refractivity contribution in [1.29, 1.82) is 0 Å². The van der Waals surface area contributed by atoms with Crippen LogP contribution in [0.15, 0.2) is 35.1 Å². The van der Waals surface area contributed by atoms with Crippen molar-refractivity contribution in [3.8, 4) is 0 Å². The number of hydrogen-bond donors (Lipinski definition) is 0. The zero-order chi connectivity index (χ0) is 17.0. The van der Waals surface area contributed by atoms with E-state index >= 15 is 0 Å². The fraction of sp³-hybridized carbons (Fsp3) is 0.526. The van der Waals surface area contributed by atoms with Crippen LogP contribution in [0.25, 0.3) is 0 Å². The monoisotopic (exact) mass is 338 g/mol. The summed E-state index contributed by atoms with van der Waals surface area (Å²) in [6, 6.07) is 10.1. The third kappa shape index (κ3) is 2.42. The summed E-state index contributed by atoms with van der Waals surface area (Å²) in [6.45, 7) is 2.31. The summed E-state index contributed by atoms with van der Waals surface area (Å²) >= 11 is 0. The van der Waals surface area contributed by atoms with E-state index in [1.165, 1.54) is 12.8 Å². The molecule has 6 nitrogen and oxygen atoms in total. The molecule has 0 bridgehead atoms. The SMILES string of the molecule is O=C(N1CCn2c(nn(CC3CC3)c2=O)C1)C1(c2ccccc2)CC1. The Morgan fingerprint density at radius 2 is 1.92 bits per heavy atom. The Morgan fingerprint density at radius 1 is 1.16 bits per heavy atom. The topological polar surface area (TPSA) is 60.1 Å². The van der Waals surface area contributed by atoms with Gasteiger partial charge < -0.3 is 4.90 Å². The van der Waals surface area contributed by atoms with E-state index in [2.05, 4.69) is 17.2 Å². The third-order valence-electron chi connectivity index (χ3n) is 5.83. The second-order valence-electron chi connectivity index (χ2n) is 7.65. The molecule has 5 rings (SSSR count). The molecule has 2 saturated carbocycles. The average Bonchev–Trinajstić information content (AvgIpc) is 3.55. The lowest BCUT2D eigenvalue weighted by atomic mass is 9.94. The minimum atomic E-state index is -0.347. The number of carbonyl (C=O) groups is 1. The van der Waals surface area contributed by atoms with Crippen LogP contribution in [0.2, 0.25) is 0 Å². The lowest BCUT2D eigenvalue weighted by Crippen LogP contribution is -2.45. The van der Waals surface area contributed by atoms with Gasteiger partial charge in [-0.15, -0.1) is 0 Å². The molecule has 1 amide bonds. The van der Waals surface area contributed by atoms with Crippen LogP contribution in [-0.4, -0.2) is 31.7 Å². The number of benzene rings is 1. The van der Waals surface area contributed by atoms with E-state index in [0.29, 0.717) is 25.6 Å². The molecule has 1 aromatic heterocycles. The predicted octanol–water partition coefficient (Wildman–Crippen LogP) is 1.53. The van der Waals surface area contributed by atoms with Gasteiger partial charge in [0.25, 0.3) is 0 Å². The van der Waals surface area contributed by atoms with Gasteiger partial charge in [0.2, 0.25) is 5.91 Å². The first-order valence-electron chi connectivity index (χ1n) is 9.19. The molecular weight excluding hydrogens is 316 g/mol. The summed E-state index contributed by atoms with van der Waals surface area (Å²) in [4.78, 5) is 27.5. The highest BCUT2D eigenvalue weighted by atomic mass is 16.2. The van der Waals surface area contributed by atoms with E-state index < -0.39 is 0 Å². The maximum Gasteiger partial charge on any atom is 0.346 e. The van der Waals surface area contributed by atoms with Gasteiger partial charge in [0, 0.05) is 19.6 Å². The lowest BCUT2D eigenvalue weighted by Gasteiger charge is -2.30. The van der Waals surface area contributed by atoms with Gasteiger partial charge in [0.1, 0.15) is 0 Å². The number of fused-ring (bicyclic) bond motifs is 1. The van der Waals surface area contributed by atoms with E-state index in [0.717, 1.165) is 30.8 Å². The van der Waals surface area contributed by atoms with Crippen LogP contribution in [-0.2, 0) is 29.8 Å². The third-order valence-corrected chi connectivity index (χ3v) is 5.83. The molecule has 1 aliphatic heterocycles. The van der Waals surface area contributed by atoms with Gasteiger partial charge in [-0.2, -0.15) is 5.10 Å². The van der Waals surface area contributed by atoms with Crippen LogP contribution in [0.4, 0.5) is 0 Å². The Balaban J connectivity index is 1.38. The molecule has 2 heterocycles. The van der Waals surface area contributed by atoms with E-state index in [9.17, 15) is 9.59 Å². The Hall–Kier alpha value is -2.37. The van der Waals surface area contributed by atoms with Crippen molar-refractivity contribution in [2.75, 3.05) is 6.54 Å². The predicted molar refractivity (Wildman–Crippen MR) is 92.0 cm³/mol. The number of rotatable bonds is 4.